The normalized spacial score (nSPS) is 12.7. The second kappa shape index (κ2) is 24.9. The molecule has 14 aromatic heterocycles. The van der Waals surface area contributed by atoms with Crippen LogP contribution in [0.3, 0.4) is 0 Å². The lowest BCUT2D eigenvalue weighted by Crippen LogP contribution is -2.10. The van der Waals surface area contributed by atoms with Gasteiger partial charge >= 0.3 is 0 Å². The first-order valence-corrected chi connectivity index (χ1v) is 44.5. The number of fused-ring (bicyclic) bond motifs is 36. The van der Waals surface area contributed by atoms with Gasteiger partial charge in [0.15, 0.2) is 17.5 Å². The van der Waals surface area contributed by atoms with Gasteiger partial charge in [-0.05, 0) is 145 Å². The molecule has 15 heteroatoms. The third kappa shape index (κ3) is 9.12. The molecular weight excluding hydrogens is 1630 g/mol. The quantitative estimate of drug-likeness (QED) is 0.152. The Morgan fingerprint density at radius 1 is 0.144 bits per heavy atom. The van der Waals surface area contributed by atoms with Crippen LogP contribution in [0.2, 0.25) is 0 Å². The lowest BCUT2D eigenvalue weighted by Gasteiger charge is -2.18. The highest BCUT2D eigenvalue weighted by atomic mass is 16.3. The topological polar surface area (TPSA) is 147 Å². The first kappa shape index (κ1) is 69.1. The third-order valence-corrected chi connectivity index (χ3v) is 28.5. The Morgan fingerprint density at radius 3 is 0.750 bits per heavy atom. The summed E-state index contributed by atoms with van der Waals surface area (Å²) in [7, 11) is 0. The number of hydrogen-bond acceptors (Lipinski definition) is 9. The van der Waals surface area contributed by atoms with Crippen molar-refractivity contribution < 1.29 is 26.5 Å². The number of pyridine rings is 1. The van der Waals surface area contributed by atoms with Gasteiger partial charge in [-0.25, -0.2) is 4.98 Å². The summed E-state index contributed by atoms with van der Waals surface area (Å²) in [6, 6.07) is 132. The van der Waals surface area contributed by atoms with E-state index in [0.717, 1.165) is 291 Å². The van der Waals surface area contributed by atoms with E-state index in [4.69, 9.17) is 41.7 Å². The second-order valence-corrected chi connectivity index (χ2v) is 35.3. The molecule has 14 heterocycles. The van der Waals surface area contributed by atoms with E-state index in [1.807, 2.05) is 54.6 Å². The fraction of sp³-hybridized carbons (Fsp3) is 0. The highest BCUT2D eigenvalue weighted by Gasteiger charge is 2.31. The van der Waals surface area contributed by atoms with Crippen LogP contribution in [0.4, 0.5) is 0 Å². The van der Waals surface area contributed by atoms with Crippen LogP contribution >= 0.6 is 0 Å². The first-order valence-electron chi connectivity index (χ1n) is 44.5. The standard InChI is InChI=1S/C117H61N9O6/c1-11-31-88-64(21-1)76-49-82-68-25-5-15-35-102(68)129-110(82)57-97(76)123(88)114-46-45-94(116(118-114)125-90-33-13-3-23-66(90)78-51-84-70-27-7-17-37-104(70)131-112(84)59-99(78)125)121-92-43-41-62(47-74(92)80-53-86-72-29-9-19-39-106(72)127-108(86)55-95(80)121)63-42-44-93-75(48-63)81-54-87-73-30-10-20-40-107(73)128-109(87)56-96(81)122(93)101-61-115(124-89-32-12-2-22-65(89)77-50-83-69-26-6-16-36-103(69)130-111(83)58-98(77)124)119-120-117(101)126-91-34-14-4-24-67(91)79-52-85-71-28-8-18-38-105(71)132-113(85)60-100(79)126/h1-61H. The molecule has 0 unspecified atom stereocenters. The van der Waals surface area contributed by atoms with Crippen molar-refractivity contribution in [1.29, 1.82) is 0 Å². The smallest absolute Gasteiger partial charge is 0.184 e. The van der Waals surface area contributed by atoms with Gasteiger partial charge in [-0.1, -0.05) is 194 Å². The predicted octanol–water partition coefficient (Wildman–Crippen LogP) is 31.5. The van der Waals surface area contributed by atoms with Crippen molar-refractivity contribution in [3.63, 3.8) is 0 Å². The Hall–Kier alpha value is -18.2. The summed E-state index contributed by atoms with van der Waals surface area (Å²) in [6.07, 6.45) is 0. The molecule has 0 fully saturated rings. The summed E-state index contributed by atoms with van der Waals surface area (Å²) in [4.78, 5) is 6.16. The van der Waals surface area contributed by atoms with Gasteiger partial charge in [0.25, 0.3) is 0 Å². The lowest BCUT2D eigenvalue weighted by molar-refractivity contribution is 0.669. The molecule has 18 aromatic carbocycles. The van der Waals surface area contributed by atoms with Gasteiger partial charge in [0.05, 0.1) is 77.6 Å². The minimum Gasteiger partial charge on any atom is -0.456 e. The number of nitrogens with zero attached hydrogens (tertiary/aromatic N) is 9. The van der Waals surface area contributed by atoms with Gasteiger partial charge in [0.1, 0.15) is 72.8 Å². The second-order valence-electron chi connectivity index (χ2n) is 35.3. The molecule has 0 aliphatic heterocycles. The van der Waals surface area contributed by atoms with Crippen LogP contribution < -0.4 is 0 Å². The van der Waals surface area contributed by atoms with E-state index < -0.39 is 0 Å². The summed E-state index contributed by atoms with van der Waals surface area (Å²) >= 11 is 0. The largest absolute Gasteiger partial charge is 0.456 e. The van der Waals surface area contributed by atoms with Gasteiger partial charge < -0.3 is 35.6 Å². The average molecular weight is 1690 g/mol. The van der Waals surface area contributed by atoms with Crippen LogP contribution in [0.15, 0.2) is 397 Å². The van der Waals surface area contributed by atoms with Crippen molar-refractivity contribution in [1.82, 2.24) is 42.6 Å². The Labute approximate surface area is 742 Å². The molecule has 0 saturated carbocycles. The summed E-state index contributed by atoms with van der Waals surface area (Å²) in [5.74, 6) is 2.67. The van der Waals surface area contributed by atoms with Crippen LogP contribution in [0.5, 0.6) is 0 Å². The molecule has 0 atom stereocenters. The van der Waals surface area contributed by atoms with E-state index in [9.17, 15) is 0 Å². The van der Waals surface area contributed by atoms with Crippen LogP contribution in [0.25, 0.3) is 308 Å². The number of aromatic nitrogens is 9. The summed E-state index contributed by atoms with van der Waals surface area (Å²) in [5.41, 5.74) is 24.8. The summed E-state index contributed by atoms with van der Waals surface area (Å²) in [6.45, 7) is 0. The first-order chi connectivity index (χ1) is 65.4. The van der Waals surface area contributed by atoms with E-state index >= 15 is 0 Å². The Kier molecular flexibility index (Phi) is 13.0. The van der Waals surface area contributed by atoms with Gasteiger partial charge in [-0.2, -0.15) is 0 Å². The molecule has 32 aromatic rings. The monoisotopic (exact) mass is 1690 g/mol. The van der Waals surface area contributed by atoms with Crippen molar-refractivity contribution in [2.45, 2.75) is 0 Å². The zero-order valence-corrected chi connectivity index (χ0v) is 69.7. The average Bonchev–Trinajstić information content (AvgIpc) is 1.55. The van der Waals surface area contributed by atoms with E-state index in [1.165, 1.54) is 0 Å². The van der Waals surface area contributed by atoms with Crippen LogP contribution in [-0.4, -0.2) is 42.6 Å². The number of benzene rings is 18. The SMILES string of the molecule is c1ccc2c(c1)oc1cc3c(cc12)c1ccccc1n3-c1cc(-n2c3ccc(-c4ccc5c(c4)c4cc6c(cc4n5-c4ccc(-n5c7ccccc7c7cc8c(cc75)oc5ccccc58)nc4-n4c5ccccc5c5cc7c(cc54)oc4ccccc47)oc4ccccc46)cc3c3cc4c(cc32)oc2ccccc24)c(-n2c3ccccc3c3cc4c(cc32)oc2ccccc24)nn1. The maximum Gasteiger partial charge on any atom is 0.184 e. The highest BCUT2D eigenvalue weighted by molar-refractivity contribution is 6.26. The van der Waals surface area contributed by atoms with Gasteiger partial charge in [-0.15, -0.1) is 10.2 Å². The molecule has 32 rings (SSSR count). The number of furan rings is 6. The predicted molar refractivity (Wildman–Crippen MR) is 535 cm³/mol. The van der Waals surface area contributed by atoms with Crippen molar-refractivity contribution >= 4 is 262 Å². The Balaban J connectivity index is 0.656. The Morgan fingerprint density at radius 2 is 0.402 bits per heavy atom. The van der Waals surface area contributed by atoms with E-state index in [1.54, 1.807) is 0 Å². The fourth-order valence-electron chi connectivity index (χ4n) is 22.7. The number of para-hydroxylation sites is 10. The molecule has 610 valence electrons. The maximum absolute atomic E-state index is 6.99. The van der Waals surface area contributed by atoms with E-state index in [0.29, 0.717) is 17.5 Å². The van der Waals surface area contributed by atoms with Crippen molar-refractivity contribution in [2.24, 2.45) is 0 Å². The van der Waals surface area contributed by atoms with Crippen molar-refractivity contribution in [3.8, 4) is 45.8 Å². The highest BCUT2D eigenvalue weighted by Crippen LogP contribution is 2.50. The molecule has 0 N–H and O–H groups in total. The molecule has 0 amide bonds. The van der Waals surface area contributed by atoms with E-state index in [2.05, 4.69) is 343 Å². The zero-order valence-electron chi connectivity index (χ0n) is 69.7. The third-order valence-electron chi connectivity index (χ3n) is 28.5. The molecular formula is C117H61N9O6. The maximum atomic E-state index is 6.99. The fourth-order valence-corrected chi connectivity index (χ4v) is 22.7. The van der Waals surface area contributed by atoms with Crippen molar-refractivity contribution in [3.05, 3.63) is 370 Å². The molecule has 0 radical (unpaired) electrons. The van der Waals surface area contributed by atoms with Gasteiger partial charge in [-0.3, -0.25) is 18.3 Å². The molecule has 0 aliphatic carbocycles. The summed E-state index contributed by atoms with van der Waals surface area (Å²) < 4.78 is 55.1. The van der Waals surface area contributed by atoms with Crippen LogP contribution in [0, 0.1) is 0 Å². The Bertz CT molecular complexity index is 10900. The molecule has 0 aliphatic rings. The molecule has 0 bridgehead atoms. The zero-order chi connectivity index (χ0) is 85.3. The molecule has 132 heavy (non-hydrogen) atoms. The lowest BCUT2D eigenvalue weighted by atomic mass is 10.00. The van der Waals surface area contributed by atoms with E-state index in [-0.39, 0.29) is 0 Å². The minimum absolute atomic E-state index is 0.612. The van der Waals surface area contributed by atoms with Crippen LogP contribution in [0.1, 0.15) is 0 Å². The van der Waals surface area contributed by atoms with Gasteiger partial charge in [0, 0.05) is 172 Å². The van der Waals surface area contributed by atoms with Gasteiger partial charge in [0.2, 0.25) is 0 Å². The number of rotatable bonds is 7. The molecule has 0 spiro atoms. The van der Waals surface area contributed by atoms with Crippen LogP contribution in [-0.2, 0) is 0 Å². The number of hydrogen-bond donors (Lipinski definition) is 0. The van der Waals surface area contributed by atoms with Crippen molar-refractivity contribution in [2.75, 3.05) is 0 Å². The molecule has 0 saturated heterocycles. The summed E-state index contributed by atoms with van der Waals surface area (Å²) in [5, 5.41) is 36.4. The minimum atomic E-state index is 0.612. The molecule has 15 nitrogen and oxygen atoms in total.